The molecule has 2 rings (SSSR count). The molecule has 116 valence electrons. The molecule has 5 nitrogen and oxygen atoms in total. The van der Waals surface area contributed by atoms with Gasteiger partial charge < -0.3 is 9.64 Å². The Morgan fingerprint density at radius 3 is 2.64 bits per heavy atom. The highest BCUT2D eigenvalue weighted by Gasteiger charge is 2.10. The molecule has 2 aromatic heterocycles. The Morgan fingerprint density at radius 2 is 2.05 bits per heavy atom. The van der Waals surface area contributed by atoms with Gasteiger partial charge in [-0.2, -0.15) is 0 Å². The highest BCUT2D eigenvalue weighted by molar-refractivity contribution is 5.89. The van der Waals surface area contributed by atoms with E-state index >= 15 is 0 Å². The average molecular weight is 299 g/mol. The second kappa shape index (κ2) is 8.12. The molecule has 0 bridgehead atoms. The lowest BCUT2D eigenvalue weighted by Crippen LogP contribution is -2.24. The molecule has 0 N–H and O–H groups in total. The highest BCUT2D eigenvalue weighted by atomic mass is 16.5. The molecule has 0 radical (unpaired) electrons. The third kappa shape index (κ3) is 4.28. The van der Waals surface area contributed by atoms with Gasteiger partial charge in [0.2, 0.25) is 0 Å². The number of pyridine rings is 2. The van der Waals surface area contributed by atoms with Gasteiger partial charge in [-0.15, -0.1) is 0 Å². The van der Waals surface area contributed by atoms with Crippen LogP contribution in [0.3, 0.4) is 0 Å². The monoisotopic (exact) mass is 299 g/mol. The minimum atomic E-state index is -0.386. The molecule has 0 aromatic carbocycles. The maximum atomic E-state index is 12.0. The molecule has 2 aromatic rings. The van der Waals surface area contributed by atoms with Crippen LogP contribution in [0.4, 0.5) is 5.82 Å². The highest BCUT2D eigenvalue weighted by Crippen LogP contribution is 2.12. The van der Waals surface area contributed by atoms with Crippen LogP contribution < -0.4 is 4.90 Å². The molecule has 0 aliphatic rings. The van der Waals surface area contributed by atoms with Crippen LogP contribution in [-0.2, 0) is 11.3 Å². The van der Waals surface area contributed by atoms with Crippen molar-refractivity contribution in [3.63, 3.8) is 0 Å². The summed E-state index contributed by atoms with van der Waals surface area (Å²) in [5, 5.41) is 0. The van der Waals surface area contributed by atoms with Crippen molar-refractivity contribution in [3.05, 3.63) is 54.0 Å². The Hall–Kier alpha value is -2.43. The van der Waals surface area contributed by atoms with Gasteiger partial charge in [0, 0.05) is 25.5 Å². The smallest absolute Gasteiger partial charge is 0.340 e. The van der Waals surface area contributed by atoms with Crippen molar-refractivity contribution in [2.45, 2.75) is 26.9 Å². The number of anilines is 1. The molecule has 22 heavy (non-hydrogen) atoms. The van der Waals surface area contributed by atoms with Crippen LogP contribution in [-0.4, -0.2) is 29.0 Å². The first-order chi connectivity index (χ1) is 10.7. The van der Waals surface area contributed by atoms with E-state index in [0.29, 0.717) is 5.56 Å². The Bertz CT molecular complexity index is 585. The number of aromatic nitrogens is 2. The summed E-state index contributed by atoms with van der Waals surface area (Å²) in [7, 11) is 0. The minimum Gasteiger partial charge on any atom is -0.456 e. The molecule has 0 atom stereocenters. The lowest BCUT2D eigenvalue weighted by Gasteiger charge is -2.21. The van der Waals surface area contributed by atoms with Crippen molar-refractivity contribution in [2.75, 3.05) is 18.0 Å². The summed E-state index contributed by atoms with van der Waals surface area (Å²) in [6, 6.07) is 9.11. The van der Waals surface area contributed by atoms with Gasteiger partial charge >= 0.3 is 5.97 Å². The minimum absolute atomic E-state index is 0.165. The fourth-order valence-corrected chi connectivity index (χ4v) is 2.10. The number of esters is 1. The predicted molar refractivity (Wildman–Crippen MR) is 85.8 cm³/mol. The lowest BCUT2D eigenvalue weighted by atomic mass is 10.2. The summed E-state index contributed by atoms with van der Waals surface area (Å²) in [6.45, 7) is 6.23. The maximum absolute atomic E-state index is 12.0. The second-order valence-corrected chi connectivity index (χ2v) is 4.88. The first-order valence-electron chi connectivity index (χ1n) is 7.52. The molecule has 0 spiro atoms. The molecule has 0 fully saturated rings. The molecule has 0 amide bonds. The first kappa shape index (κ1) is 15.9. The van der Waals surface area contributed by atoms with E-state index in [0.717, 1.165) is 31.0 Å². The zero-order valence-electron chi connectivity index (χ0n) is 13.0. The number of carbonyl (C=O) groups is 1. The Morgan fingerprint density at radius 1 is 1.18 bits per heavy atom. The summed E-state index contributed by atoms with van der Waals surface area (Å²) in [5.41, 5.74) is 1.17. The van der Waals surface area contributed by atoms with E-state index in [1.807, 2.05) is 24.3 Å². The molecule has 0 saturated carbocycles. The second-order valence-electron chi connectivity index (χ2n) is 4.88. The summed E-state index contributed by atoms with van der Waals surface area (Å²) in [6.07, 6.45) is 4.30. The van der Waals surface area contributed by atoms with Crippen molar-refractivity contribution in [1.29, 1.82) is 0 Å². The largest absolute Gasteiger partial charge is 0.456 e. The van der Waals surface area contributed by atoms with Gasteiger partial charge in [-0.05, 0) is 37.6 Å². The van der Waals surface area contributed by atoms with Crippen molar-refractivity contribution in [3.8, 4) is 0 Å². The number of carbonyl (C=O) groups excluding carboxylic acids is 1. The van der Waals surface area contributed by atoms with Crippen LogP contribution >= 0.6 is 0 Å². The summed E-state index contributed by atoms with van der Waals surface area (Å²) >= 11 is 0. The van der Waals surface area contributed by atoms with E-state index in [4.69, 9.17) is 4.74 Å². The van der Waals surface area contributed by atoms with Crippen LogP contribution in [0.5, 0.6) is 0 Å². The molecule has 2 heterocycles. The summed E-state index contributed by atoms with van der Waals surface area (Å²) in [5.74, 6) is 0.494. The van der Waals surface area contributed by atoms with Gasteiger partial charge in [0.1, 0.15) is 12.4 Å². The Balaban J connectivity index is 1.96. The van der Waals surface area contributed by atoms with Crippen LogP contribution in [0.1, 0.15) is 36.3 Å². The van der Waals surface area contributed by atoms with E-state index < -0.39 is 0 Å². The molecular weight excluding hydrogens is 278 g/mol. The molecule has 0 aliphatic heterocycles. The SMILES string of the molecule is CCCN(CC)c1ccc(C(=O)OCc2ccccn2)cn1. The Labute approximate surface area is 131 Å². The van der Waals surface area contributed by atoms with Gasteiger partial charge in [0.05, 0.1) is 11.3 Å². The van der Waals surface area contributed by atoms with Gasteiger partial charge in [0.15, 0.2) is 0 Å². The van der Waals surface area contributed by atoms with Gasteiger partial charge in [-0.3, -0.25) is 4.98 Å². The lowest BCUT2D eigenvalue weighted by molar-refractivity contribution is 0.0467. The van der Waals surface area contributed by atoms with Gasteiger partial charge in [-0.25, -0.2) is 9.78 Å². The molecule has 0 aliphatic carbocycles. The third-order valence-corrected chi connectivity index (χ3v) is 3.26. The van der Waals surface area contributed by atoms with Crippen molar-refractivity contribution < 1.29 is 9.53 Å². The van der Waals surface area contributed by atoms with Crippen molar-refractivity contribution in [2.24, 2.45) is 0 Å². The topological polar surface area (TPSA) is 55.3 Å². The average Bonchev–Trinajstić information content (AvgIpc) is 2.58. The standard InChI is InChI=1S/C17H21N3O2/c1-3-11-20(4-2)16-9-8-14(12-19-16)17(21)22-13-15-7-5-6-10-18-15/h5-10,12H,3-4,11,13H2,1-2H3. The maximum Gasteiger partial charge on any atom is 0.340 e. The number of ether oxygens (including phenoxy) is 1. The van der Waals surface area contributed by atoms with Gasteiger partial charge in [0.25, 0.3) is 0 Å². The number of rotatable bonds is 7. The van der Waals surface area contributed by atoms with Crippen LogP contribution in [0, 0.1) is 0 Å². The van der Waals surface area contributed by atoms with E-state index in [-0.39, 0.29) is 12.6 Å². The zero-order chi connectivity index (χ0) is 15.8. The first-order valence-corrected chi connectivity index (χ1v) is 7.52. The van der Waals surface area contributed by atoms with E-state index in [1.165, 1.54) is 0 Å². The van der Waals surface area contributed by atoms with Crippen LogP contribution in [0.25, 0.3) is 0 Å². The van der Waals surface area contributed by atoms with Gasteiger partial charge in [-0.1, -0.05) is 13.0 Å². The molecule has 5 heteroatoms. The quantitative estimate of drug-likeness (QED) is 0.735. The molecular formula is C17H21N3O2. The van der Waals surface area contributed by atoms with E-state index in [9.17, 15) is 4.79 Å². The third-order valence-electron chi connectivity index (χ3n) is 3.26. The summed E-state index contributed by atoms with van der Waals surface area (Å²) in [4.78, 5) is 22.6. The fraction of sp³-hybridized carbons (Fsp3) is 0.353. The Kier molecular flexibility index (Phi) is 5.89. The molecule has 0 unspecified atom stereocenters. The fourth-order valence-electron chi connectivity index (χ4n) is 2.10. The normalized spacial score (nSPS) is 10.3. The number of hydrogen-bond donors (Lipinski definition) is 0. The number of nitrogens with zero attached hydrogens (tertiary/aromatic N) is 3. The van der Waals surface area contributed by atoms with Crippen LogP contribution in [0.15, 0.2) is 42.7 Å². The predicted octanol–water partition coefficient (Wildman–Crippen LogP) is 3.07. The summed E-state index contributed by atoms with van der Waals surface area (Å²) < 4.78 is 5.23. The van der Waals surface area contributed by atoms with Crippen LogP contribution in [0.2, 0.25) is 0 Å². The number of hydrogen-bond acceptors (Lipinski definition) is 5. The van der Waals surface area contributed by atoms with E-state index in [1.54, 1.807) is 18.5 Å². The van der Waals surface area contributed by atoms with Crippen molar-refractivity contribution in [1.82, 2.24) is 9.97 Å². The van der Waals surface area contributed by atoms with E-state index in [2.05, 4.69) is 28.7 Å². The van der Waals surface area contributed by atoms with Crippen molar-refractivity contribution >= 4 is 11.8 Å². The zero-order valence-corrected chi connectivity index (χ0v) is 13.0. The molecule has 0 saturated heterocycles.